The maximum atomic E-state index is 12.4. The smallest absolute Gasteiger partial charge is 0.291 e. The number of methoxy groups -OCH3 is 1. The van der Waals surface area contributed by atoms with Crippen LogP contribution in [0.5, 0.6) is 11.5 Å². The molecule has 0 fully saturated rings. The lowest BCUT2D eigenvalue weighted by atomic mass is 10.1. The van der Waals surface area contributed by atoms with Crippen molar-refractivity contribution in [3.8, 4) is 11.5 Å². The molecule has 0 spiro atoms. The number of amides is 1. The fourth-order valence-corrected chi connectivity index (χ4v) is 3.27. The fraction of sp³-hybridized carbons (Fsp3) is 0.227. The van der Waals surface area contributed by atoms with Crippen LogP contribution in [0.4, 0.5) is 5.69 Å². The van der Waals surface area contributed by atoms with Gasteiger partial charge < -0.3 is 19.2 Å². The lowest BCUT2D eigenvalue weighted by Crippen LogP contribution is -2.11. The number of hydrogen-bond acceptors (Lipinski definition) is 4. The van der Waals surface area contributed by atoms with Crippen molar-refractivity contribution < 1.29 is 18.7 Å². The SMILES string of the molecule is COc1cccc(OCc2ccc(C(=O)Nc3ccc4c(c3)CCC4)o2)c1. The van der Waals surface area contributed by atoms with Gasteiger partial charge >= 0.3 is 0 Å². The van der Waals surface area contributed by atoms with E-state index in [2.05, 4.69) is 17.4 Å². The molecular weight excluding hydrogens is 342 g/mol. The van der Waals surface area contributed by atoms with Crippen molar-refractivity contribution in [3.63, 3.8) is 0 Å². The zero-order chi connectivity index (χ0) is 18.6. The van der Waals surface area contributed by atoms with Gasteiger partial charge in [-0.15, -0.1) is 0 Å². The van der Waals surface area contributed by atoms with Gasteiger partial charge in [-0.05, 0) is 66.8 Å². The predicted octanol–water partition coefficient (Wildman–Crippen LogP) is 4.61. The first kappa shape index (κ1) is 17.2. The van der Waals surface area contributed by atoms with E-state index in [9.17, 15) is 4.79 Å². The zero-order valence-corrected chi connectivity index (χ0v) is 15.2. The summed E-state index contributed by atoms with van der Waals surface area (Å²) in [4.78, 5) is 12.4. The molecule has 1 aliphatic carbocycles. The summed E-state index contributed by atoms with van der Waals surface area (Å²) in [6, 6.07) is 16.8. The summed E-state index contributed by atoms with van der Waals surface area (Å²) < 4.78 is 16.5. The number of aryl methyl sites for hydroxylation is 2. The second-order valence-corrected chi connectivity index (χ2v) is 6.52. The number of carbonyl (C=O) groups excluding carboxylic acids is 1. The van der Waals surface area contributed by atoms with Crippen LogP contribution < -0.4 is 14.8 Å². The molecule has 5 nitrogen and oxygen atoms in total. The van der Waals surface area contributed by atoms with E-state index in [1.165, 1.54) is 17.5 Å². The minimum absolute atomic E-state index is 0.235. The van der Waals surface area contributed by atoms with E-state index < -0.39 is 0 Å². The molecule has 0 bridgehead atoms. The van der Waals surface area contributed by atoms with Crippen LogP contribution >= 0.6 is 0 Å². The highest BCUT2D eigenvalue weighted by Crippen LogP contribution is 2.25. The van der Waals surface area contributed by atoms with Gasteiger partial charge in [0.05, 0.1) is 7.11 Å². The molecule has 0 unspecified atom stereocenters. The van der Waals surface area contributed by atoms with E-state index in [1.807, 2.05) is 24.3 Å². The van der Waals surface area contributed by atoms with Crippen LogP contribution in [0.2, 0.25) is 0 Å². The Bertz CT molecular complexity index is 960. The molecule has 1 heterocycles. The van der Waals surface area contributed by atoms with Crippen molar-refractivity contribution in [1.82, 2.24) is 0 Å². The Morgan fingerprint density at radius 2 is 1.89 bits per heavy atom. The first-order valence-corrected chi connectivity index (χ1v) is 9.00. The average Bonchev–Trinajstić information content (AvgIpc) is 3.35. The molecule has 1 aromatic heterocycles. The van der Waals surface area contributed by atoms with E-state index in [0.717, 1.165) is 24.3 Å². The van der Waals surface area contributed by atoms with Crippen LogP contribution in [0.3, 0.4) is 0 Å². The molecule has 0 radical (unpaired) electrons. The minimum Gasteiger partial charge on any atom is -0.497 e. The van der Waals surface area contributed by atoms with Gasteiger partial charge in [0.1, 0.15) is 23.9 Å². The van der Waals surface area contributed by atoms with Gasteiger partial charge in [-0.2, -0.15) is 0 Å². The molecule has 0 saturated carbocycles. The average molecular weight is 363 g/mol. The highest BCUT2D eigenvalue weighted by atomic mass is 16.5. The Morgan fingerprint density at radius 1 is 1.04 bits per heavy atom. The molecule has 0 saturated heterocycles. The van der Waals surface area contributed by atoms with E-state index >= 15 is 0 Å². The van der Waals surface area contributed by atoms with E-state index in [4.69, 9.17) is 13.9 Å². The van der Waals surface area contributed by atoms with Crippen LogP contribution in [0.1, 0.15) is 33.9 Å². The maximum Gasteiger partial charge on any atom is 0.291 e. The number of benzene rings is 2. The van der Waals surface area contributed by atoms with Crippen molar-refractivity contribution in [3.05, 3.63) is 77.2 Å². The Kier molecular flexibility index (Phi) is 4.83. The summed E-state index contributed by atoms with van der Waals surface area (Å²) >= 11 is 0. The predicted molar refractivity (Wildman–Crippen MR) is 102 cm³/mol. The Morgan fingerprint density at radius 3 is 2.78 bits per heavy atom. The van der Waals surface area contributed by atoms with Gasteiger partial charge in [-0.1, -0.05) is 12.1 Å². The number of rotatable bonds is 6. The molecule has 1 N–H and O–H groups in total. The van der Waals surface area contributed by atoms with E-state index in [-0.39, 0.29) is 18.3 Å². The van der Waals surface area contributed by atoms with Crippen LogP contribution in [-0.4, -0.2) is 13.0 Å². The van der Waals surface area contributed by atoms with Crippen LogP contribution in [0.15, 0.2) is 59.0 Å². The van der Waals surface area contributed by atoms with Gasteiger partial charge in [0.2, 0.25) is 0 Å². The van der Waals surface area contributed by atoms with Crippen LogP contribution in [-0.2, 0) is 19.4 Å². The van der Waals surface area contributed by atoms with Crippen LogP contribution in [0, 0.1) is 0 Å². The first-order chi connectivity index (χ1) is 13.2. The van der Waals surface area contributed by atoms with Crippen LogP contribution in [0.25, 0.3) is 0 Å². The molecule has 2 aromatic carbocycles. The topological polar surface area (TPSA) is 60.7 Å². The van der Waals surface area contributed by atoms with Gasteiger partial charge in [0, 0.05) is 11.8 Å². The summed E-state index contributed by atoms with van der Waals surface area (Å²) in [6.07, 6.45) is 3.38. The number of anilines is 1. The van der Waals surface area contributed by atoms with Crippen molar-refractivity contribution >= 4 is 11.6 Å². The highest BCUT2D eigenvalue weighted by molar-refractivity contribution is 6.02. The van der Waals surface area contributed by atoms with Gasteiger partial charge in [0.15, 0.2) is 5.76 Å². The Balaban J connectivity index is 1.37. The zero-order valence-electron chi connectivity index (χ0n) is 15.2. The molecular formula is C22H21NO4. The van der Waals surface area contributed by atoms with Crippen molar-refractivity contribution in [2.75, 3.05) is 12.4 Å². The third kappa shape index (κ3) is 3.97. The summed E-state index contributed by atoms with van der Waals surface area (Å²) in [5.74, 6) is 1.98. The second-order valence-electron chi connectivity index (χ2n) is 6.52. The third-order valence-corrected chi connectivity index (χ3v) is 4.66. The number of hydrogen-bond donors (Lipinski definition) is 1. The van der Waals surface area contributed by atoms with Crippen molar-refractivity contribution in [1.29, 1.82) is 0 Å². The first-order valence-electron chi connectivity index (χ1n) is 9.00. The van der Waals surface area contributed by atoms with Gasteiger partial charge in [0.25, 0.3) is 5.91 Å². The van der Waals surface area contributed by atoms with Crippen molar-refractivity contribution in [2.45, 2.75) is 25.9 Å². The molecule has 1 amide bonds. The fourth-order valence-electron chi connectivity index (χ4n) is 3.27. The van der Waals surface area contributed by atoms with Gasteiger partial charge in [-0.25, -0.2) is 0 Å². The largest absolute Gasteiger partial charge is 0.497 e. The molecule has 138 valence electrons. The molecule has 1 aliphatic rings. The number of furan rings is 1. The molecule has 27 heavy (non-hydrogen) atoms. The molecule has 5 heteroatoms. The highest BCUT2D eigenvalue weighted by Gasteiger charge is 2.15. The van der Waals surface area contributed by atoms with E-state index in [0.29, 0.717) is 11.5 Å². The summed E-state index contributed by atoms with van der Waals surface area (Å²) in [5.41, 5.74) is 3.49. The number of fused-ring (bicyclic) bond motifs is 1. The molecule has 4 rings (SSSR count). The maximum absolute atomic E-state index is 12.4. The number of carbonyl (C=O) groups is 1. The van der Waals surface area contributed by atoms with E-state index in [1.54, 1.807) is 25.3 Å². The normalized spacial score (nSPS) is 12.5. The summed E-state index contributed by atoms with van der Waals surface area (Å²) in [6.45, 7) is 0.235. The Hall–Kier alpha value is -3.21. The minimum atomic E-state index is -0.263. The summed E-state index contributed by atoms with van der Waals surface area (Å²) in [7, 11) is 1.61. The van der Waals surface area contributed by atoms with Gasteiger partial charge in [-0.3, -0.25) is 4.79 Å². The lowest BCUT2D eigenvalue weighted by molar-refractivity contribution is 0.0992. The standard InChI is InChI=1S/C22H21NO4/c1-25-18-6-3-7-19(13-18)26-14-20-10-11-21(27-20)22(24)23-17-9-8-15-4-2-5-16(15)12-17/h3,6-13H,2,4-5,14H2,1H3,(H,23,24). The lowest BCUT2D eigenvalue weighted by Gasteiger charge is -2.07. The molecule has 0 atom stereocenters. The monoisotopic (exact) mass is 363 g/mol. The number of ether oxygens (including phenoxy) is 2. The summed E-state index contributed by atoms with van der Waals surface area (Å²) in [5, 5.41) is 2.90. The number of nitrogens with one attached hydrogen (secondary N) is 1. The Labute approximate surface area is 157 Å². The molecule has 3 aromatic rings. The molecule has 0 aliphatic heterocycles. The van der Waals surface area contributed by atoms with Crippen molar-refractivity contribution in [2.24, 2.45) is 0 Å². The second kappa shape index (κ2) is 7.58. The quantitative estimate of drug-likeness (QED) is 0.695. The third-order valence-electron chi connectivity index (χ3n) is 4.66.